The van der Waals surface area contributed by atoms with Crippen LogP contribution in [0, 0.1) is 0 Å². The molecule has 0 aromatic heterocycles. The van der Waals surface area contributed by atoms with E-state index in [0.717, 1.165) is 25.1 Å². The maximum Gasteiger partial charge on any atom is 0.270 e. The van der Waals surface area contributed by atoms with Gasteiger partial charge in [0.2, 0.25) is 5.91 Å². The Morgan fingerprint density at radius 3 is 2.62 bits per heavy atom. The zero-order valence-electron chi connectivity index (χ0n) is 15.2. The van der Waals surface area contributed by atoms with E-state index in [0.29, 0.717) is 25.3 Å². The number of carbonyl (C=O) groups excluding carboxylic acids is 2. The van der Waals surface area contributed by atoms with Gasteiger partial charge in [-0.25, -0.2) is 0 Å². The molecule has 1 aromatic rings. The van der Waals surface area contributed by atoms with E-state index in [1.807, 2.05) is 36.1 Å². The molecule has 2 rings (SSSR count). The van der Waals surface area contributed by atoms with E-state index < -0.39 is 5.60 Å². The molecule has 2 amide bonds. The molecule has 0 saturated carbocycles. The van der Waals surface area contributed by atoms with Crippen LogP contribution in [-0.2, 0) is 9.59 Å². The third-order valence-electron chi connectivity index (χ3n) is 4.35. The summed E-state index contributed by atoms with van der Waals surface area (Å²) in [6, 6.07) is 7.49. The highest BCUT2D eigenvalue weighted by molar-refractivity contribution is 6.02. The second-order valence-corrected chi connectivity index (χ2v) is 6.61. The number of nitrogens with zero attached hydrogens (tertiary/aromatic N) is 2. The van der Waals surface area contributed by atoms with E-state index in [1.165, 1.54) is 0 Å². The molecule has 5 nitrogen and oxygen atoms in total. The molecule has 0 fully saturated rings. The summed E-state index contributed by atoms with van der Waals surface area (Å²) in [7, 11) is 0. The summed E-state index contributed by atoms with van der Waals surface area (Å²) in [5.74, 6) is 0.680. The highest BCUT2D eigenvalue weighted by Crippen LogP contribution is 2.37. The monoisotopic (exact) mass is 332 g/mol. The number of hydrogen-bond acceptors (Lipinski definition) is 3. The van der Waals surface area contributed by atoms with Crippen LogP contribution in [0.15, 0.2) is 24.3 Å². The summed E-state index contributed by atoms with van der Waals surface area (Å²) < 4.78 is 5.80. The Bertz CT molecular complexity index is 598. The smallest absolute Gasteiger partial charge is 0.270 e. The molecule has 0 bridgehead atoms. The van der Waals surface area contributed by atoms with Crippen molar-refractivity contribution in [3.05, 3.63) is 24.3 Å². The molecular weight excluding hydrogens is 304 g/mol. The van der Waals surface area contributed by atoms with Crippen molar-refractivity contribution in [1.29, 1.82) is 0 Å². The molecule has 0 spiro atoms. The number of fused-ring (bicyclic) bond motifs is 1. The van der Waals surface area contributed by atoms with Crippen molar-refractivity contribution in [3.8, 4) is 5.75 Å². The molecule has 0 saturated heterocycles. The van der Waals surface area contributed by atoms with Crippen LogP contribution in [0.4, 0.5) is 5.69 Å². The number of amides is 2. The average Bonchev–Trinajstić information content (AvgIpc) is 2.55. The number of hydrogen-bond donors (Lipinski definition) is 0. The molecule has 5 heteroatoms. The lowest BCUT2D eigenvalue weighted by atomic mass is 10.0. The van der Waals surface area contributed by atoms with E-state index in [4.69, 9.17) is 4.74 Å². The molecule has 0 aliphatic carbocycles. The molecule has 1 aliphatic rings. The van der Waals surface area contributed by atoms with Crippen molar-refractivity contribution in [3.63, 3.8) is 0 Å². The highest BCUT2D eigenvalue weighted by atomic mass is 16.5. The fourth-order valence-electron chi connectivity index (χ4n) is 2.92. The lowest BCUT2D eigenvalue weighted by molar-refractivity contribution is -0.133. The van der Waals surface area contributed by atoms with E-state index in [-0.39, 0.29) is 11.8 Å². The van der Waals surface area contributed by atoms with E-state index in [1.54, 1.807) is 18.7 Å². The molecule has 1 aliphatic heterocycles. The second-order valence-electron chi connectivity index (χ2n) is 6.61. The first-order valence-electron chi connectivity index (χ1n) is 8.78. The van der Waals surface area contributed by atoms with Gasteiger partial charge in [0, 0.05) is 26.1 Å². The van der Waals surface area contributed by atoms with Crippen molar-refractivity contribution >= 4 is 17.5 Å². The van der Waals surface area contributed by atoms with Gasteiger partial charge in [0.05, 0.1) is 5.69 Å². The van der Waals surface area contributed by atoms with Gasteiger partial charge in [-0.15, -0.1) is 0 Å². The number of benzene rings is 1. The SMILES string of the molecule is CCCCN(CC)C(=O)CCN1C(=O)C(C)(C)Oc2ccccc21. The van der Waals surface area contributed by atoms with Crippen molar-refractivity contribution in [2.24, 2.45) is 0 Å². The fourth-order valence-corrected chi connectivity index (χ4v) is 2.92. The molecule has 0 atom stereocenters. The van der Waals surface area contributed by atoms with Crippen LogP contribution in [0.5, 0.6) is 5.75 Å². The summed E-state index contributed by atoms with van der Waals surface area (Å²) in [5.41, 5.74) is -0.171. The van der Waals surface area contributed by atoms with Crippen molar-refractivity contribution in [1.82, 2.24) is 4.90 Å². The Kier molecular flexibility index (Phi) is 5.86. The number of unbranched alkanes of at least 4 members (excludes halogenated alkanes) is 1. The van der Waals surface area contributed by atoms with Crippen molar-refractivity contribution in [2.45, 2.75) is 52.6 Å². The van der Waals surface area contributed by atoms with Gasteiger partial charge in [-0.3, -0.25) is 9.59 Å². The third kappa shape index (κ3) is 3.89. The summed E-state index contributed by atoms with van der Waals surface area (Å²) in [6.07, 6.45) is 2.40. The summed E-state index contributed by atoms with van der Waals surface area (Å²) >= 11 is 0. The van der Waals surface area contributed by atoms with Gasteiger partial charge >= 0.3 is 0 Å². The molecular formula is C19H28N2O3. The molecule has 0 unspecified atom stereocenters. The quantitative estimate of drug-likeness (QED) is 0.770. The lowest BCUT2D eigenvalue weighted by Gasteiger charge is -2.38. The number of anilines is 1. The van der Waals surface area contributed by atoms with Crippen LogP contribution in [0.1, 0.15) is 47.0 Å². The molecule has 132 valence electrons. The largest absolute Gasteiger partial charge is 0.476 e. The van der Waals surface area contributed by atoms with Gasteiger partial charge in [0.1, 0.15) is 5.75 Å². The fraction of sp³-hybridized carbons (Fsp3) is 0.579. The van der Waals surface area contributed by atoms with E-state index in [9.17, 15) is 9.59 Å². The Morgan fingerprint density at radius 1 is 1.25 bits per heavy atom. The lowest BCUT2D eigenvalue weighted by Crippen LogP contribution is -2.53. The summed E-state index contributed by atoms with van der Waals surface area (Å²) in [4.78, 5) is 28.7. The van der Waals surface area contributed by atoms with Crippen LogP contribution in [0.25, 0.3) is 0 Å². The predicted molar refractivity (Wildman–Crippen MR) is 95.3 cm³/mol. The predicted octanol–water partition coefficient (Wildman–Crippen LogP) is 3.23. The second kappa shape index (κ2) is 7.69. The average molecular weight is 332 g/mol. The van der Waals surface area contributed by atoms with Gasteiger partial charge in [-0.2, -0.15) is 0 Å². The number of rotatable bonds is 7. The number of para-hydroxylation sites is 2. The summed E-state index contributed by atoms with van der Waals surface area (Å²) in [5, 5.41) is 0. The minimum atomic E-state index is -0.913. The zero-order valence-corrected chi connectivity index (χ0v) is 15.2. The maximum atomic E-state index is 12.7. The highest BCUT2D eigenvalue weighted by Gasteiger charge is 2.40. The standard InChI is InChI=1S/C19H28N2O3/c1-5-7-13-20(6-2)17(22)12-14-21-15-10-8-9-11-16(15)24-19(3,4)18(21)23/h8-11H,5-7,12-14H2,1-4H3. The minimum absolute atomic E-state index is 0.0977. The van der Waals surface area contributed by atoms with E-state index >= 15 is 0 Å². The first kappa shape index (κ1) is 18.3. The maximum absolute atomic E-state index is 12.7. The van der Waals surface area contributed by atoms with Gasteiger partial charge in [-0.1, -0.05) is 25.5 Å². The Hall–Kier alpha value is -2.04. The van der Waals surface area contributed by atoms with Gasteiger partial charge in [0.25, 0.3) is 5.91 Å². The first-order valence-corrected chi connectivity index (χ1v) is 8.78. The first-order chi connectivity index (χ1) is 11.4. The normalized spacial score (nSPS) is 15.7. The van der Waals surface area contributed by atoms with Crippen molar-refractivity contribution < 1.29 is 14.3 Å². The molecule has 0 radical (unpaired) electrons. The minimum Gasteiger partial charge on any atom is -0.476 e. The number of ether oxygens (including phenoxy) is 1. The molecule has 0 N–H and O–H groups in total. The molecule has 24 heavy (non-hydrogen) atoms. The molecule has 1 heterocycles. The van der Waals surface area contributed by atoms with Crippen LogP contribution in [0.2, 0.25) is 0 Å². The zero-order chi connectivity index (χ0) is 17.7. The van der Waals surface area contributed by atoms with E-state index in [2.05, 4.69) is 6.92 Å². The summed E-state index contributed by atoms with van der Waals surface area (Å²) in [6.45, 7) is 9.50. The van der Waals surface area contributed by atoms with Gasteiger partial charge in [0.15, 0.2) is 5.60 Å². The Morgan fingerprint density at radius 2 is 1.96 bits per heavy atom. The third-order valence-corrected chi connectivity index (χ3v) is 4.35. The topological polar surface area (TPSA) is 49.9 Å². The van der Waals surface area contributed by atoms with Crippen LogP contribution in [0.3, 0.4) is 0 Å². The Balaban J connectivity index is 2.10. The van der Waals surface area contributed by atoms with Crippen LogP contribution >= 0.6 is 0 Å². The Labute approximate surface area is 144 Å². The van der Waals surface area contributed by atoms with Crippen LogP contribution < -0.4 is 9.64 Å². The van der Waals surface area contributed by atoms with Gasteiger partial charge in [-0.05, 0) is 39.3 Å². The number of carbonyl (C=O) groups is 2. The van der Waals surface area contributed by atoms with Crippen molar-refractivity contribution in [2.75, 3.05) is 24.5 Å². The molecule has 1 aromatic carbocycles. The van der Waals surface area contributed by atoms with Gasteiger partial charge < -0.3 is 14.5 Å². The van der Waals surface area contributed by atoms with Crippen LogP contribution in [-0.4, -0.2) is 41.9 Å².